The number of hydrogen-bond acceptors (Lipinski definition) is 5. The number of amides is 1. The van der Waals surface area contributed by atoms with Crippen molar-refractivity contribution in [3.63, 3.8) is 0 Å². The van der Waals surface area contributed by atoms with E-state index in [2.05, 4.69) is 47.7 Å². The van der Waals surface area contributed by atoms with Crippen LogP contribution in [0.1, 0.15) is 56.4 Å². The van der Waals surface area contributed by atoms with Gasteiger partial charge in [0.1, 0.15) is 0 Å². The summed E-state index contributed by atoms with van der Waals surface area (Å²) in [7, 11) is 0. The van der Waals surface area contributed by atoms with E-state index >= 15 is 0 Å². The van der Waals surface area contributed by atoms with E-state index in [0.29, 0.717) is 31.8 Å². The van der Waals surface area contributed by atoms with E-state index in [4.69, 9.17) is 9.26 Å². The van der Waals surface area contributed by atoms with E-state index in [0.717, 1.165) is 52.8 Å². The quantitative estimate of drug-likeness (QED) is 0.222. The number of benzene rings is 2. The summed E-state index contributed by atoms with van der Waals surface area (Å²) in [6, 6.07) is 16.3. The van der Waals surface area contributed by atoms with Crippen LogP contribution in [0.15, 0.2) is 77.4 Å². The lowest BCUT2D eigenvalue weighted by atomic mass is 9.93. The van der Waals surface area contributed by atoms with E-state index in [1.54, 1.807) is 0 Å². The smallest absolute Gasteiger partial charge is 0.316 e. The maximum absolute atomic E-state index is 12.4. The van der Waals surface area contributed by atoms with E-state index in [1.807, 2.05) is 56.3 Å². The Balaban J connectivity index is 1.39. The highest BCUT2D eigenvalue weighted by Gasteiger charge is 2.52. The second-order valence-corrected chi connectivity index (χ2v) is 9.60. The standard InChI is InChI=1S/C32H36N2O4/c1-4-6-7-8-9-22-33-29(35)19-18-28-23(3)34-38-30(28)26-12-10-24(11-13-26)25-14-16-27(17-15-25)32(20-21-32)31(36)37-5-2/h6-17H,4-5,18-22H2,1-3H3,(H,33,35)/b7-6-,9-8+. The minimum atomic E-state index is -0.460. The first-order valence-electron chi connectivity index (χ1n) is 13.4. The molecule has 2 aromatic carbocycles. The van der Waals surface area contributed by atoms with Crippen LogP contribution >= 0.6 is 0 Å². The van der Waals surface area contributed by atoms with Crippen LogP contribution in [0.2, 0.25) is 0 Å². The molecule has 38 heavy (non-hydrogen) atoms. The molecule has 0 radical (unpaired) electrons. The third kappa shape index (κ3) is 6.31. The van der Waals surface area contributed by atoms with Crippen molar-refractivity contribution in [3.05, 3.63) is 89.7 Å². The Kier molecular flexibility index (Phi) is 8.95. The SMILES string of the molecule is CC/C=C\C=C\CNC(=O)CCc1c(C)noc1-c1ccc(-c2ccc(C3(C(=O)OCC)CC3)cc2)cc1. The molecule has 1 aromatic heterocycles. The molecular formula is C32H36N2O4. The largest absolute Gasteiger partial charge is 0.465 e. The number of nitrogens with one attached hydrogen (secondary N) is 1. The van der Waals surface area contributed by atoms with Crippen LogP contribution in [0.5, 0.6) is 0 Å². The molecular weight excluding hydrogens is 476 g/mol. The van der Waals surface area contributed by atoms with Gasteiger partial charge in [0.2, 0.25) is 5.91 Å². The summed E-state index contributed by atoms with van der Waals surface area (Å²) >= 11 is 0. The number of hydrogen-bond donors (Lipinski definition) is 1. The monoisotopic (exact) mass is 512 g/mol. The minimum absolute atomic E-state index is 0.00426. The Bertz CT molecular complexity index is 1300. The predicted octanol–water partition coefficient (Wildman–Crippen LogP) is 6.48. The summed E-state index contributed by atoms with van der Waals surface area (Å²) in [4.78, 5) is 24.7. The van der Waals surface area contributed by atoms with Crippen LogP contribution in [-0.2, 0) is 26.2 Å². The van der Waals surface area contributed by atoms with Crippen molar-refractivity contribution < 1.29 is 18.8 Å². The highest BCUT2D eigenvalue weighted by Crippen LogP contribution is 2.49. The zero-order chi connectivity index (χ0) is 27.0. The maximum Gasteiger partial charge on any atom is 0.316 e. The molecule has 4 rings (SSSR count). The predicted molar refractivity (Wildman–Crippen MR) is 150 cm³/mol. The first kappa shape index (κ1) is 27.1. The zero-order valence-electron chi connectivity index (χ0n) is 22.5. The van der Waals surface area contributed by atoms with Crippen LogP contribution in [0, 0.1) is 6.92 Å². The molecule has 3 aromatic rings. The van der Waals surface area contributed by atoms with Crippen molar-refractivity contribution in [1.82, 2.24) is 10.5 Å². The van der Waals surface area contributed by atoms with Gasteiger partial charge < -0.3 is 14.6 Å². The molecule has 1 aliphatic carbocycles. The lowest BCUT2D eigenvalue weighted by Gasteiger charge is -2.14. The van der Waals surface area contributed by atoms with Gasteiger partial charge >= 0.3 is 5.97 Å². The molecule has 6 heteroatoms. The first-order chi connectivity index (χ1) is 18.5. The van der Waals surface area contributed by atoms with Gasteiger partial charge in [-0.05, 0) is 56.2 Å². The third-order valence-corrected chi connectivity index (χ3v) is 6.96. The minimum Gasteiger partial charge on any atom is -0.465 e. The number of carbonyl (C=O) groups is 2. The Morgan fingerprint density at radius 2 is 1.61 bits per heavy atom. The van der Waals surface area contributed by atoms with Gasteiger partial charge in [-0.25, -0.2) is 0 Å². The fraction of sp³-hybridized carbons (Fsp3) is 0.344. The summed E-state index contributed by atoms with van der Waals surface area (Å²) in [6.07, 6.45) is 11.5. The molecule has 0 bridgehead atoms. The van der Waals surface area contributed by atoms with Crippen molar-refractivity contribution in [2.24, 2.45) is 0 Å². The molecule has 198 valence electrons. The van der Waals surface area contributed by atoms with Crippen LogP contribution in [-0.4, -0.2) is 30.2 Å². The molecule has 0 unspecified atom stereocenters. The summed E-state index contributed by atoms with van der Waals surface area (Å²) in [6.45, 7) is 6.74. The number of aromatic nitrogens is 1. The number of esters is 1. The van der Waals surface area contributed by atoms with Crippen molar-refractivity contribution in [2.45, 2.75) is 58.3 Å². The fourth-order valence-corrected chi connectivity index (χ4v) is 4.57. The summed E-state index contributed by atoms with van der Waals surface area (Å²) < 4.78 is 10.9. The third-order valence-electron chi connectivity index (χ3n) is 6.96. The van der Waals surface area contributed by atoms with Gasteiger partial charge in [-0.1, -0.05) is 84.9 Å². The Labute approximate surface area is 224 Å². The van der Waals surface area contributed by atoms with Crippen LogP contribution < -0.4 is 5.32 Å². The normalized spacial score (nSPS) is 14.2. The van der Waals surface area contributed by atoms with Crippen LogP contribution in [0.3, 0.4) is 0 Å². The average Bonchev–Trinajstić information content (AvgIpc) is 3.67. The number of allylic oxidation sites excluding steroid dienone is 3. The number of nitrogens with zero attached hydrogens (tertiary/aromatic N) is 1. The Morgan fingerprint density at radius 1 is 0.974 bits per heavy atom. The zero-order valence-corrected chi connectivity index (χ0v) is 22.5. The van der Waals surface area contributed by atoms with E-state index < -0.39 is 5.41 Å². The molecule has 0 saturated heterocycles. The number of carbonyl (C=O) groups excluding carboxylic acids is 2. The van der Waals surface area contributed by atoms with E-state index in [1.165, 1.54) is 0 Å². The fourth-order valence-electron chi connectivity index (χ4n) is 4.57. The lowest BCUT2D eigenvalue weighted by molar-refractivity contribution is -0.146. The van der Waals surface area contributed by atoms with Gasteiger partial charge in [0, 0.05) is 24.1 Å². The molecule has 1 heterocycles. The molecule has 0 aliphatic heterocycles. The van der Waals surface area contributed by atoms with Gasteiger partial charge in [-0.15, -0.1) is 0 Å². The van der Waals surface area contributed by atoms with Gasteiger partial charge in [0.05, 0.1) is 17.7 Å². The summed E-state index contributed by atoms with van der Waals surface area (Å²) in [5.74, 6) is 0.576. The van der Waals surface area contributed by atoms with Crippen molar-refractivity contribution >= 4 is 11.9 Å². The molecule has 1 saturated carbocycles. The first-order valence-corrected chi connectivity index (χ1v) is 13.4. The Hall–Kier alpha value is -3.93. The van der Waals surface area contributed by atoms with E-state index in [9.17, 15) is 9.59 Å². The second kappa shape index (κ2) is 12.5. The van der Waals surface area contributed by atoms with E-state index in [-0.39, 0.29) is 11.9 Å². The average molecular weight is 513 g/mol. The maximum atomic E-state index is 12.4. The number of aryl methyl sites for hydroxylation is 1. The van der Waals surface area contributed by atoms with Gasteiger partial charge in [0.25, 0.3) is 0 Å². The summed E-state index contributed by atoms with van der Waals surface area (Å²) in [5, 5.41) is 7.08. The van der Waals surface area contributed by atoms with Crippen molar-refractivity contribution in [2.75, 3.05) is 13.2 Å². The topological polar surface area (TPSA) is 81.4 Å². The molecule has 0 spiro atoms. The van der Waals surface area contributed by atoms with Gasteiger partial charge in [0.15, 0.2) is 5.76 Å². The van der Waals surface area contributed by atoms with Crippen LogP contribution in [0.25, 0.3) is 22.5 Å². The molecule has 0 atom stereocenters. The highest BCUT2D eigenvalue weighted by atomic mass is 16.5. The van der Waals surface area contributed by atoms with Crippen molar-refractivity contribution in [3.8, 4) is 22.5 Å². The molecule has 1 aliphatic rings. The van der Waals surface area contributed by atoms with Gasteiger partial charge in [-0.3, -0.25) is 9.59 Å². The summed E-state index contributed by atoms with van der Waals surface area (Å²) in [5.41, 5.74) is 5.38. The molecule has 6 nitrogen and oxygen atoms in total. The lowest BCUT2D eigenvalue weighted by Crippen LogP contribution is -2.23. The van der Waals surface area contributed by atoms with Gasteiger partial charge in [-0.2, -0.15) is 0 Å². The highest BCUT2D eigenvalue weighted by molar-refractivity contribution is 5.87. The number of rotatable bonds is 12. The Morgan fingerprint density at radius 3 is 2.24 bits per heavy atom. The second-order valence-electron chi connectivity index (χ2n) is 9.60. The molecule has 1 amide bonds. The van der Waals surface area contributed by atoms with Crippen molar-refractivity contribution in [1.29, 1.82) is 0 Å². The van der Waals surface area contributed by atoms with Crippen LogP contribution in [0.4, 0.5) is 0 Å². The molecule has 1 fully saturated rings. The number of ether oxygens (including phenoxy) is 1. The molecule has 1 N–H and O–H groups in total.